The van der Waals surface area contributed by atoms with Gasteiger partial charge in [-0.1, -0.05) is 0 Å². The molecule has 0 radical (unpaired) electrons. The third-order valence-electron chi connectivity index (χ3n) is 3.85. The van der Waals surface area contributed by atoms with E-state index in [-0.39, 0.29) is 11.9 Å². The van der Waals surface area contributed by atoms with E-state index >= 15 is 0 Å². The summed E-state index contributed by atoms with van der Waals surface area (Å²) in [4.78, 5) is 26.7. The first-order valence-electron chi connectivity index (χ1n) is 6.58. The Morgan fingerprint density at radius 1 is 1.17 bits per heavy atom. The van der Waals surface area contributed by atoms with E-state index in [9.17, 15) is 9.59 Å². The number of aliphatic carboxylic acids is 1. The normalized spacial score (nSPS) is 26.5. The second kappa shape index (κ2) is 5.67. The number of carboxylic acids is 1. The zero-order chi connectivity index (χ0) is 13.1. The smallest absolute Gasteiger partial charge is 0.326 e. The SMILES string of the molecule is NC1CCN(CC(=O)N2CCCC2C(=O)O)CC1. The molecular formula is C12H21N3O3. The van der Waals surface area contributed by atoms with E-state index in [4.69, 9.17) is 10.8 Å². The van der Waals surface area contributed by atoms with E-state index in [0.717, 1.165) is 32.4 Å². The minimum absolute atomic E-state index is 0.0598. The van der Waals surface area contributed by atoms with Crippen molar-refractivity contribution in [2.75, 3.05) is 26.2 Å². The first-order valence-corrected chi connectivity index (χ1v) is 6.58. The summed E-state index contributed by atoms with van der Waals surface area (Å²) in [7, 11) is 0. The van der Waals surface area contributed by atoms with Crippen LogP contribution in [0.3, 0.4) is 0 Å². The van der Waals surface area contributed by atoms with Crippen LogP contribution in [0.1, 0.15) is 25.7 Å². The Bertz CT molecular complexity index is 327. The van der Waals surface area contributed by atoms with E-state index in [1.807, 2.05) is 0 Å². The van der Waals surface area contributed by atoms with Gasteiger partial charge in [0.25, 0.3) is 0 Å². The van der Waals surface area contributed by atoms with Gasteiger partial charge < -0.3 is 15.7 Å². The maximum absolute atomic E-state index is 12.1. The fourth-order valence-electron chi connectivity index (χ4n) is 2.72. The van der Waals surface area contributed by atoms with E-state index < -0.39 is 12.0 Å². The van der Waals surface area contributed by atoms with Crippen molar-refractivity contribution in [2.45, 2.75) is 37.8 Å². The predicted octanol–water partition coefficient (Wildman–Crippen LogP) is -0.515. The number of likely N-dealkylation sites (tertiary alicyclic amines) is 2. The largest absolute Gasteiger partial charge is 0.480 e. The summed E-state index contributed by atoms with van der Waals surface area (Å²) >= 11 is 0. The van der Waals surface area contributed by atoms with Crippen LogP contribution >= 0.6 is 0 Å². The number of rotatable bonds is 3. The monoisotopic (exact) mass is 255 g/mol. The molecule has 0 aliphatic carbocycles. The number of piperidine rings is 1. The first kappa shape index (κ1) is 13.3. The Kier molecular flexibility index (Phi) is 4.19. The van der Waals surface area contributed by atoms with Gasteiger partial charge in [0.1, 0.15) is 6.04 Å². The maximum atomic E-state index is 12.1. The fourth-order valence-corrected chi connectivity index (χ4v) is 2.72. The Hall–Kier alpha value is -1.14. The molecule has 3 N–H and O–H groups in total. The molecule has 2 heterocycles. The topological polar surface area (TPSA) is 86.9 Å². The second-order valence-corrected chi connectivity index (χ2v) is 5.20. The van der Waals surface area contributed by atoms with Gasteiger partial charge in [-0.15, -0.1) is 0 Å². The molecule has 1 atom stereocenters. The third-order valence-corrected chi connectivity index (χ3v) is 3.85. The summed E-state index contributed by atoms with van der Waals surface area (Å²) in [6, 6.07) is -0.376. The molecule has 6 heteroatoms. The molecule has 18 heavy (non-hydrogen) atoms. The summed E-state index contributed by atoms with van der Waals surface area (Å²) in [6.07, 6.45) is 3.19. The lowest BCUT2D eigenvalue weighted by Crippen LogP contribution is -2.48. The van der Waals surface area contributed by atoms with Gasteiger partial charge in [-0.3, -0.25) is 9.69 Å². The molecule has 2 aliphatic heterocycles. The molecule has 0 aromatic rings. The molecule has 0 bridgehead atoms. The number of carbonyl (C=O) groups excluding carboxylic acids is 1. The quantitative estimate of drug-likeness (QED) is 0.709. The highest BCUT2D eigenvalue weighted by Gasteiger charge is 2.34. The van der Waals surface area contributed by atoms with E-state index in [0.29, 0.717) is 19.5 Å². The predicted molar refractivity (Wildman–Crippen MR) is 66.0 cm³/mol. The van der Waals surface area contributed by atoms with Crippen LogP contribution < -0.4 is 5.73 Å². The Balaban J connectivity index is 1.86. The lowest BCUT2D eigenvalue weighted by Gasteiger charge is -2.31. The van der Waals surface area contributed by atoms with Gasteiger partial charge in [0.15, 0.2) is 0 Å². The van der Waals surface area contributed by atoms with Crippen molar-refractivity contribution in [3.05, 3.63) is 0 Å². The highest BCUT2D eigenvalue weighted by atomic mass is 16.4. The third kappa shape index (κ3) is 3.00. The van der Waals surface area contributed by atoms with Gasteiger partial charge in [0, 0.05) is 25.7 Å². The summed E-state index contributed by atoms with van der Waals surface area (Å²) in [5, 5.41) is 9.05. The van der Waals surface area contributed by atoms with Crippen LogP contribution in [0.15, 0.2) is 0 Å². The second-order valence-electron chi connectivity index (χ2n) is 5.20. The number of nitrogens with zero attached hydrogens (tertiary/aromatic N) is 2. The van der Waals surface area contributed by atoms with Crippen LogP contribution in [0.4, 0.5) is 0 Å². The molecule has 0 spiro atoms. The molecule has 2 fully saturated rings. The average molecular weight is 255 g/mol. The maximum Gasteiger partial charge on any atom is 0.326 e. The molecule has 102 valence electrons. The number of hydrogen-bond donors (Lipinski definition) is 2. The van der Waals surface area contributed by atoms with Gasteiger partial charge in [-0.25, -0.2) is 4.79 Å². The van der Waals surface area contributed by atoms with Gasteiger partial charge in [0.2, 0.25) is 5.91 Å². The number of hydrogen-bond acceptors (Lipinski definition) is 4. The van der Waals surface area contributed by atoms with Crippen molar-refractivity contribution in [1.82, 2.24) is 9.80 Å². The molecule has 1 amide bonds. The minimum atomic E-state index is -0.887. The van der Waals surface area contributed by atoms with Gasteiger partial charge in [-0.05, 0) is 25.7 Å². The van der Waals surface area contributed by atoms with Crippen molar-refractivity contribution < 1.29 is 14.7 Å². The van der Waals surface area contributed by atoms with E-state index in [1.165, 1.54) is 4.90 Å². The fraction of sp³-hybridized carbons (Fsp3) is 0.833. The summed E-state index contributed by atoms with van der Waals surface area (Å²) < 4.78 is 0. The van der Waals surface area contributed by atoms with Crippen molar-refractivity contribution in [2.24, 2.45) is 5.73 Å². The number of carboxylic acid groups (broad SMARTS) is 1. The molecule has 0 aromatic heterocycles. The van der Waals surface area contributed by atoms with Gasteiger partial charge >= 0.3 is 5.97 Å². The van der Waals surface area contributed by atoms with Crippen molar-refractivity contribution in [3.8, 4) is 0 Å². The average Bonchev–Trinajstić information content (AvgIpc) is 2.81. The van der Waals surface area contributed by atoms with E-state index in [2.05, 4.69) is 4.90 Å². The van der Waals surface area contributed by atoms with Crippen LogP contribution in [0.25, 0.3) is 0 Å². The molecule has 6 nitrogen and oxygen atoms in total. The van der Waals surface area contributed by atoms with Crippen LogP contribution in [0.2, 0.25) is 0 Å². The molecule has 2 saturated heterocycles. The highest BCUT2D eigenvalue weighted by molar-refractivity contribution is 5.85. The lowest BCUT2D eigenvalue weighted by molar-refractivity contribution is -0.148. The molecule has 0 aromatic carbocycles. The summed E-state index contributed by atoms with van der Waals surface area (Å²) in [6.45, 7) is 2.57. The zero-order valence-electron chi connectivity index (χ0n) is 10.5. The Morgan fingerprint density at radius 2 is 1.83 bits per heavy atom. The highest BCUT2D eigenvalue weighted by Crippen LogP contribution is 2.18. The molecular weight excluding hydrogens is 234 g/mol. The van der Waals surface area contributed by atoms with Crippen LogP contribution in [-0.2, 0) is 9.59 Å². The van der Waals surface area contributed by atoms with Crippen LogP contribution in [0.5, 0.6) is 0 Å². The minimum Gasteiger partial charge on any atom is -0.480 e. The summed E-state index contributed by atoms with van der Waals surface area (Å²) in [5.41, 5.74) is 5.81. The van der Waals surface area contributed by atoms with Crippen molar-refractivity contribution in [1.29, 1.82) is 0 Å². The standard InChI is InChI=1S/C12H21N3O3/c13-9-3-6-14(7-4-9)8-11(16)15-5-1-2-10(15)12(17)18/h9-10H,1-8,13H2,(H,17,18). The molecule has 2 rings (SSSR count). The molecule has 1 unspecified atom stereocenters. The number of nitrogens with two attached hydrogens (primary N) is 1. The van der Waals surface area contributed by atoms with Crippen molar-refractivity contribution >= 4 is 11.9 Å². The molecule has 2 aliphatic rings. The Labute approximate surface area is 107 Å². The van der Waals surface area contributed by atoms with Gasteiger partial charge in [0.05, 0.1) is 6.54 Å². The number of carbonyl (C=O) groups is 2. The van der Waals surface area contributed by atoms with Gasteiger partial charge in [-0.2, -0.15) is 0 Å². The lowest BCUT2D eigenvalue weighted by atomic mass is 10.1. The van der Waals surface area contributed by atoms with Crippen LogP contribution in [0, 0.1) is 0 Å². The van der Waals surface area contributed by atoms with Crippen molar-refractivity contribution in [3.63, 3.8) is 0 Å². The zero-order valence-corrected chi connectivity index (χ0v) is 10.5. The molecule has 0 saturated carbocycles. The Morgan fingerprint density at radius 3 is 2.44 bits per heavy atom. The number of amides is 1. The summed E-state index contributed by atoms with van der Waals surface area (Å²) in [5.74, 6) is -0.947. The first-order chi connectivity index (χ1) is 8.58. The van der Waals surface area contributed by atoms with E-state index in [1.54, 1.807) is 0 Å². The van der Waals surface area contributed by atoms with Crippen LogP contribution in [-0.4, -0.2) is 65.0 Å².